The van der Waals surface area contributed by atoms with Crippen LogP contribution < -0.4 is 9.47 Å². The van der Waals surface area contributed by atoms with Gasteiger partial charge in [-0.2, -0.15) is 0 Å². The zero-order valence-electron chi connectivity index (χ0n) is 15.8. The topological polar surface area (TPSA) is 57.2 Å². The molecule has 2 heterocycles. The van der Waals surface area contributed by atoms with E-state index in [4.69, 9.17) is 18.9 Å². The molecule has 2 saturated heterocycles. The first kappa shape index (κ1) is 18.7. The lowest BCUT2D eigenvalue weighted by atomic mass is 9.87. The molecule has 4 atom stereocenters. The van der Waals surface area contributed by atoms with Crippen molar-refractivity contribution in [2.75, 3.05) is 27.8 Å². The van der Waals surface area contributed by atoms with Crippen molar-refractivity contribution in [2.24, 2.45) is 5.92 Å². The number of rotatable bonds is 2. The third kappa shape index (κ3) is 3.71. The van der Waals surface area contributed by atoms with Gasteiger partial charge in [-0.05, 0) is 51.1 Å². The average molecular weight is 361 g/mol. The van der Waals surface area contributed by atoms with E-state index >= 15 is 0 Å². The maximum absolute atomic E-state index is 11.4. The van der Waals surface area contributed by atoms with E-state index < -0.39 is 11.9 Å². The lowest BCUT2D eigenvalue weighted by Gasteiger charge is -2.35. The monoisotopic (exact) mass is 361 g/mol. The molecule has 3 aliphatic rings. The van der Waals surface area contributed by atoms with Gasteiger partial charge in [-0.25, -0.2) is 4.79 Å². The van der Waals surface area contributed by atoms with Crippen LogP contribution in [0.1, 0.15) is 19.8 Å². The number of ether oxygens (including phenoxy) is 4. The van der Waals surface area contributed by atoms with E-state index in [-0.39, 0.29) is 5.97 Å². The molecule has 1 aromatic carbocycles. The first-order chi connectivity index (χ1) is 12.5. The van der Waals surface area contributed by atoms with Gasteiger partial charge in [0.2, 0.25) is 5.79 Å². The van der Waals surface area contributed by atoms with Crippen LogP contribution in [0.4, 0.5) is 0 Å². The Bertz CT molecular complexity index is 653. The number of hydrogen-bond donors (Lipinski definition) is 0. The van der Waals surface area contributed by atoms with Crippen LogP contribution >= 0.6 is 0 Å². The van der Waals surface area contributed by atoms with Crippen LogP contribution in [-0.4, -0.2) is 56.6 Å². The number of fused-ring (bicyclic) bond motifs is 1. The van der Waals surface area contributed by atoms with Crippen LogP contribution in [0.5, 0.6) is 11.5 Å². The molecule has 1 spiro atoms. The Balaban J connectivity index is 0.000000170. The number of likely N-dealkylation sites (tertiary alicyclic amines) is 1. The second-order valence-corrected chi connectivity index (χ2v) is 6.91. The minimum Gasteiger partial charge on any atom is -0.493 e. The summed E-state index contributed by atoms with van der Waals surface area (Å²) in [4.78, 5) is 13.8. The van der Waals surface area contributed by atoms with Crippen LogP contribution in [0.3, 0.4) is 0 Å². The predicted octanol–water partition coefficient (Wildman–Crippen LogP) is 2.63. The molecule has 0 radical (unpaired) electrons. The molecule has 0 bridgehead atoms. The highest BCUT2D eigenvalue weighted by Crippen LogP contribution is 2.41. The average Bonchev–Trinajstić information content (AvgIpc) is 3.15. The largest absolute Gasteiger partial charge is 0.493 e. The van der Waals surface area contributed by atoms with E-state index in [0.29, 0.717) is 12.0 Å². The molecule has 2 fully saturated rings. The summed E-state index contributed by atoms with van der Waals surface area (Å²) < 4.78 is 21.1. The fourth-order valence-corrected chi connectivity index (χ4v) is 3.77. The predicted molar refractivity (Wildman–Crippen MR) is 97.2 cm³/mol. The maximum atomic E-state index is 11.4. The highest BCUT2D eigenvalue weighted by Gasteiger charge is 2.50. The van der Waals surface area contributed by atoms with Crippen LogP contribution in [0.25, 0.3) is 0 Å². The molecule has 0 N–H and O–H groups in total. The number of para-hydroxylation sites is 2. The zero-order valence-corrected chi connectivity index (χ0v) is 15.8. The minimum absolute atomic E-state index is 0.247. The van der Waals surface area contributed by atoms with Gasteiger partial charge < -0.3 is 23.8 Å². The van der Waals surface area contributed by atoms with E-state index in [1.165, 1.54) is 6.42 Å². The fraction of sp³-hybridized carbons (Fsp3) is 0.550. The standard InChI is InChI=1S/C12H17NO3.C8H10O2/c1-8-11(14)16-12(15-8)5-3-9-4-6-13(2)10(9)7-12;1-9-7-5-3-4-6-8(7)10-2/h3,5,8-10H,4,6-7H2,1-2H3;3-6H,1-2H3. The normalized spacial score (nSPS) is 32.6. The molecule has 142 valence electrons. The highest BCUT2D eigenvalue weighted by molar-refractivity contribution is 5.76. The fourth-order valence-electron chi connectivity index (χ4n) is 3.77. The molecule has 2 aliphatic heterocycles. The van der Waals surface area contributed by atoms with E-state index in [9.17, 15) is 4.79 Å². The van der Waals surface area contributed by atoms with Crippen molar-refractivity contribution >= 4 is 5.97 Å². The highest BCUT2D eigenvalue weighted by atomic mass is 16.8. The second-order valence-electron chi connectivity index (χ2n) is 6.91. The van der Waals surface area contributed by atoms with Crippen molar-refractivity contribution in [3.05, 3.63) is 36.4 Å². The quantitative estimate of drug-likeness (QED) is 0.596. The molecule has 1 aliphatic carbocycles. The smallest absolute Gasteiger partial charge is 0.337 e. The molecular weight excluding hydrogens is 334 g/mol. The van der Waals surface area contributed by atoms with Crippen LogP contribution in [0, 0.1) is 5.92 Å². The first-order valence-electron chi connectivity index (χ1n) is 8.95. The third-order valence-electron chi connectivity index (χ3n) is 5.24. The SMILES string of the molecule is CC1OC2(C=CC3CCN(C)C3C2)OC1=O.COc1ccccc1OC. The van der Waals surface area contributed by atoms with Crippen molar-refractivity contribution in [1.29, 1.82) is 0 Å². The summed E-state index contributed by atoms with van der Waals surface area (Å²) in [7, 11) is 5.37. The Hall–Kier alpha value is -2.05. The third-order valence-corrected chi connectivity index (χ3v) is 5.24. The minimum atomic E-state index is -0.781. The lowest BCUT2D eigenvalue weighted by Crippen LogP contribution is -2.43. The molecule has 6 nitrogen and oxygen atoms in total. The van der Waals surface area contributed by atoms with Crippen LogP contribution in [0.15, 0.2) is 36.4 Å². The molecular formula is C20H27NO5. The van der Waals surface area contributed by atoms with Gasteiger partial charge in [0, 0.05) is 12.5 Å². The second kappa shape index (κ2) is 7.68. The van der Waals surface area contributed by atoms with Gasteiger partial charge in [0.25, 0.3) is 0 Å². The van der Waals surface area contributed by atoms with Gasteiger partial charge in [-0.1, -0.05) is 18.2 Å². The van der Waals surface area contributed by atoms with Crippen molar-refractivity contribution < 1.29 is 23.7 Å². The summed E-state index contributed by atoms with van der Waals surface area (Å²) in [6.07, 6.45) is 5.61. The van der Waals surface area contributed by atoms with E-state index in [1.807, 2.05) is 30.3 Å². The molecule has 1 aromatic rings. The van der Waals surface area contributed by atoms with Gasteiger partial charge in [-0.15, -0.1) is 0 Å². The van der Waals surface area contributed by atoms with Crippen molar-refractivity contribution in [2.45, 2.75) is 37.7 Å². The summed E-state index contributed by atoms with van der Waals surface area (Å²) in [6.45, 7) is 2.86. The van der Waals surface area contributed by atoms with Gasteiger partial charge >= 0.3 is 5.97 Å². The molecule has 0 amide bonds. The Morgan fingerprint density at radius 2 is 1.85 bits per heavy atom. The number of esters is 1. The number of hydrogen-bond acceptors (Lipinski definition) is 6. The number of nitrogens with zero attached hydrogens (tertiary/aromatic N) is 1. The Labute approximate surface area is 154 Å². The summed E-state index contributed by atoms with van der Waals surface area (Å²) in [6, 6.07) is 7.98. The van der Waals surface area contributed by atoms with Crippen LogP contribution in [-0.2, 0) is 14.3 Å². The number of methoxy groups -OCH3 is 2. The maximum Gasteiger partial charge on any atom is 0.337 e. The van der Waals surface area contributed by atoms with Gasteiger partial charge in [0.15, 0.2) is 17.6 Å². The van der Waals surface area contributed by atoms with E-state index in [1.54, 1.807) is 21.1 Å². The summed E-state index contributed by atoms with van der Waals surface area (Å²) in [5.41, 5.74) is 0. The van der Waals surface area contributed by atoms with E-state index in [2.05, 4.69) is 18.0 Å². The Kier molecular flexibility index (Phi) is 5.53. The van der Waals surface area contributed by atoms with Crippen molar-refractivity contribution in [1.82, 2.24) is 4.90 Å². The van der Waals surface area contributed by atoms with Gasteiger partial charge in [0.1, 0.15) is 0 Å². The molecule has 26 heavy (non-hydrogen) atoms. The molecule has 0 saturated carbocycles. The van der Waals surface area contributed by atoms with Gasteiger partial charge in [0.05, 0.1) is 14.2 Å². The number of carbonyl (C=O) groups excluding carboxylic acids is 1. The molecule has 4 rings (SSSR count). The number of benzene rings is 1. The van der Waals surface area contributed by atoms with Crippen molar-refractivity contribution in [3.8, 4) is 11.5 Å². The first-order valence-corrected chi connectivity index (χ1v) is 8.95. The lowest BCUT2D eigenvalue weighted by molar-refractivity contribution is -0.164. The Morgan fingerprint density at radius 1 is 1.19 bits per heavy atom. The summed E-state index contributed by atoms with van der Waals surface area (Å²) >= 11 is 0. The Morgan fingerprint density at radius 3 is 2.38 bits per heavy atom. The van der Waals surface area contributed by atoms with E-state index in [0.717, 1.165) is 24.5 Å². The van der Waals surface area contributed by atoms with Crippen molar-refractivity contribution in [3.63, 3.8) is 0 Å². The summed E-state index contributed by atoms with van der Waals surface area (Å²) in [5.74, 6) is 1.10. The zero-order chi connectivity index (χ0) is 18.7. The number of carbonyl (C=O) groups is 1. The molecule has 6 heteroatoms. The molecule has 4 unspecified atom stereocenters. The molecule has 0 aromatic heterocycles. The van der Waals surface area contributed by atoms with Crippen LogP contribution in [0.2, 0.25) is 0 Å². The summed E-state index contributed by atoms with van der Waals surface area (Å²) in [5, 5.41) is 0. The van der Waals surface area contributed by atoms with Gasteiger partial charge in [-0.3, -0.25) is 0 Å².